The first kappa shape index (κ1) is 18.0. The van der Waals surface area contributed by atoms with Gasteiger partial charge < -0.3 is 15.9 Å². The highest BCUT2D eigenvalue weighted by Crippen LogP contribution is 2.12. The number of carbonyl (C=O) groups is 4. The number of rotatable bonds is 7. The average Bonchev–Trinajstić information content (AvgIpc) is 2.25. The lowest BCUT2D eigenvalue weighted by atomic mass is 10.0. The van der Waals surface area contributed by atoms with Gasteiger partial charge in [-0.3, -0.25) is 19.3 Å². The van der Waals surface area contributed by atoms with E-state index in [1.165, 1.54) is 0 Å². The molecule has 2 atom stereocenters. The summed E-state index contributed by atoms with van der Waals surface area (Å²) >= 11 is 0. The van der Waals surface area contributed by atoms with E-state index in [0.717, 1.165) is 6.92 Å². The van der Waals surface area contributed by atoms with Gasteiger partial charge in [-0.05, 0) is 12.3 Å². The minimum absolute atomic E-state index is 0.0745. The summed E-state index contributed by atoms with van der Waals surface area (Å²) in [4.78, 5) is 45.7. The quantitative estimate of drug-likeness (QED) is 0.582. The van der Waals surface area contributed by atoms with E-state index in [2.05, 4.69) is 0 Å². The molecule has 0 aromatic carbocycles. The maximum absolute atomic E-state index is 12.1. The lowest BCUT2D eigenvalue weighted by Crippen LogP contribution is -2.54. The molecular formula is C12H20N2O6. The van der Waals surface area contributed by atoms with E-state index in [4.69, 9.17) is 15.9 Å². The van der Waals surface area contributed by atoms with Crippen molar-refractivity contribution in [2.24, 2.45) is 11.7 Å². The monoisotopic (exact) mass is 288 g/mol. The number of aliphatic carboxylic acids is 2. The first-order valence-corrected chi connectivity index (χ1v) is 6.11. The zero-order chi connectivity index (χ0) is 16.0. The van der Waals surface area contributed by atoms with E-state index < -0.39 is 42.3 Å². The van der Waals surface area contributed by atoms with Crippen LogP contribution in [0.5, 0.6) is 0 Å². The minimum atomic E-state index is -1.75. The van der Waals surface area contributed by atoms with E-state index in [9.17, 15) is 19.2 Å². The van der Waals surface area contributed by atoms with Crippen LogP contribution in [0.1, 0.15) is 33.6 Å². The molecule has 0 heterocycles. The van der Waals surface area contributed by atoms with E-state index in [1.54, 1.807) is 0 Å². The van der Waals surface area contributed by atoms with Gasteiger partial charge in [0.1, 0.15) is 6.04 Å². The Morgan fingerprint density at radius 2 is 1.65 bits per heavy atom. The number of nitrogens with zero attached hydrogens (tertiary/aromatic N) is 1. The Hall–Kier alpha value is -1.96. The Morgan fingerprint density at radius 1 is 1.15 bits per heavy atom. The molecular weight excluding hydrogens is 268 g/mol. The Balaban J connectivity index is 5.28. The van der Waals surface area contributed by atoms with Gasteiger partial charge in [0.25, 0.3) is 0 Å². The standard InChI is InChI=1S/C12H20N2O6/c1-6(2)4-8(13)11(18)14(7(3)15)9(12(19)20)5-10(16)17/h6,8-9H,4-5,13H2,1-3H3,(H,16,17)(H,19,20)/t8-,9-/m0/s1. The van der Waals surface area contributed by atoms with Crippen molar-refractivity contribution in [3.63, 3.8) is 0 Å². The van der Waals surface area contributed by atoms with Crippen LogP contribution in [0.4, 0.5) is 0 Å². The highest BCUT2D eigenvalue weighted by atomic mass is 16.4. The topological polar surface area (TPSA) is 138 Å². The zero-order valence-electron chi connectivity index (χ0n) is 11.7. The summed E-state index contributed by atoms with van der Waals surface area (Å²) in [6, 6.07) is -2.80. The number of carboxylic acids is 2. The number of hydrogen-bond acceptors (Lipinski definition) is 5. The molecule has 0 unspecified atom stereocenters. The maximum atomic E-state index is 12.1. The second kappa shape index (κ2) is 7.59. The van der Waals surface area contributed by atoms with Gasteiger partial charge in [0.2, 0.25) is 11.8 Å². The second-order valence-electron chi connectivity index (χ2n) is 4.92. The molecule has 0 rings (SSSR count). The number of amides is 2. The van der Waals surface area contributed by atoms with Crippen LogP contribution in [0.2, 0.25) is 0 Å². The highest BCUT2D eigenvalue weighted by molar-refractivity contribution is 6.01. The third kappa shape index (κ3) is 5.35. The van der Waals surface area contributed by atoms with Crippen molar-refractivity contribution in [3.05, 3.63) is 0 Å². The summed E-state index contributed by atoms with van der Waals surface area (Å²) in [5, 5.41) is 17.7. The molecule has 8 nitrogen and oxygen atoms in total. The van der Waals surface area contributed by atoms with Crippen molar-refractivity contribution in [2.75, 3.05) is 0 Å². The second-order valence-corrected chi connectivity index (χ2v) is 4.92. The van der Waals surface area contributed by atoms with E-state index in [1.807, 2.05) is 13.8 Å². The number of hydrogen-bond donors (Lipinski definition) is 3. The average molecular weight is 288 g/mol. The molecule has 4 N–H and O–H groups in total. The molecule has 0 fully saturated rings. The number of carbonyl (C=O) groups excluding carboxylic acids is 2. The molecule has 0 radical (unpaired) electrons. The molecule has 0 aliphatic heterocycles. The van der Waals surface area contributed by atoms with Crippen LogP contribution in [-0.4, -0.2) is 50.9 Å². The summed E-state index contributed by atoms with van der Waals surface area (Å²) in [6.07, 6.45) is -0.600. The van der Waals surface area contributed by atoms with Crippen LogP contribution >= 0.6 is 0 Å². The molecule has 2 amide bonds. The Morgan fingerprint density at radius 3 is 1.95 bits per heavy atom. The molecule has 0 aliphatic carbocycles. The first-order chi connectivity index (χ1) is 9.07. The van der Waals surface area contributed by atoms with Crippen LogP contribution in [0.3, 0.4) is 0 Å². The molecule has 0 saturated heterocycles. The van der Waals surface area contributed by atoms with E-state index >= 15 is 0 Å². The Kier molecular flexibility index (Phi) is 6.84. The van der Waals surface area contributed by atoms with Gasteiger partial charge in [-0.25, -0.2) is 4.79 Å². The van der Waals surface area contributed by atoms with Crippen molar-refractivity contribution in [2.45, 2.75) is 45.7 Å². The summed E-state index contributed by atoms with van der Waals surface area (Å²) in [7, 11) is 0. The van der Waals surface area contributed by atoms with Crippen LogP contribution in [0.25, 0.3) is 0 Å². The van der Waals surface area contributed by atoms with E-state index in [-0.39, 0.29) is 12.3 Å². The lowest BCUT2D eigenvalue weighted by molar-refractivity contribution is -0.160. The zero-order valence-corrected chi connectivity index (χ0v) is 11.7. The summed E-state index contributed by atoms with van der Waals surface area (Å²) in [6.45, 7) is 4.63. The fourth-order valence-electron chi connectivity index (χ4n) is 1.77. The number of imide groups is 1. The molecule has 8 heteroatoms. The van der Waals surface area contributed by atoms with E-state index in [0.29, 0.717) is 4.90 Å². The third-order valence-electron chi connectivity index (χ3n) is 2.58. The number of carboxylic acid groups (broad SMARTS) is 2. The van der Waals surface area contributed by atoms with Crippen molar-refractivity contribution in [1.82, 2.24) is 4.90 Å². The summed E-state index contributed by atoms with van der Waals surface area (Å²) < 4.78 is 0. The van der Waals surface area contributed by atoms with Gasteiger partial charge >= 0.3 is 11.9 Å². The molecule has 20 heavy (non-hydrogen) atoms. The Bertz CT molecular complexity index is 407. The van der Waals surface area contributed by atoms with Gasteiger partial charge in [-0.2, -0.15) is 0 Å². The van der Waals surface area contributed by atoms with Crippen LogP contribution in [0.15, 0.2) is 0 Å². The van der Waals surface area contributed by atoms with Gasteiger partial charge in [-0.15, -0.1) is 0 Å². The van der Waals surface area contributed by atoms with Crippen molar-refractivity contribution in [3.8, 4) is 0 Å². The van der Waals surface area contributed by atoms with Crippen molar-refractivity contribution < 1.29 is 29.4 Å². The molecule has 0 spiro atoms. The van der Waals surface area contributed by atoms with Crippen LogP contribution in [-0.2, 0) is 19.2 Å². The SMILES string of the molecule is CC(=O)N(C(=O)[C@@H](N)CC(C)C)[C@@H](CC(=O)O)C(=O)O. The van der Waals surface area contributed by atoms with Crippen molar-refractivity contribution >= 4 is 23.8 Å². The largest absolute Gasteiger partial charge is 0.481 e. The van der Waals surface area contributed by atoms with Crippen LogP contribution < -0.4 is 5.73 Å². The van der Waals surface area contributed by atoms with Crippen molar-refractivity contribution in [1.29, 1.82) is 0 Å². The lowest BCUT2D eigenvalue weighted by Gasteiger charge is -2.28. The molecule has 0 saturated carbocycles. The van der Waals surface area contributed by atoms with Gasteiger partial charge in [-0.1, -0.05) is 13.8 Å². The molecule has 0 bridgehead atoms. The fraction of sp³-hybridized carbons (Fsp3) is 0.667. The first-order valence-electron chi connectivity index (χ1n) is 6.11. The third-order valence-corrected chi connectivity index (χ3v) is 2.58. The summed E-state index contributed by atoms with van der Waals surface area (Å²) in [5.74, 6) is -4.63. The number of nitrogens with two attached hydrogens (primary N) is 1. The van der Waals surface area contributed by atoms with Gasteiger partial charge in [0, 0.05) is 6.92 Å². The normalized spacial score (nSPS) is 13.7. The van der Waals surface area contributed by atoms with Gasteiger partial charge in [0.05, 0.1) is 12.5 Å². The predicted molar refractivity (Wildman–Crippen MR) is 68.6 cm³/mol. The fourth-order valence-corrected chi connectivity index (χ4v) is 1.77. The highest BCUT2D eigenvalue weighted by Gasteiger charge is 2.36. The van der Waals surface area contributed by atoms with Crippen LogP contribution in [0, 0.1) is 5.92 Å². The van der Waals surface area contributed by atoms with Gasteiger partial charge in [0.15, 0.2) is 0 Å². The maximum Gasteiger partial charge on any atom is 0.327 e. The Labute approximate surface area is 116 Å². The predicted octanol–water partition coefficient (Wildman–Crippen LogP) is -0.337. The molecule has 114 valence electrons. The molecule has 0 aliphatic rings. The molecule has 0 aromatic heterocycles. The minimum Gasteiger partial charge on any atom is -0.481 e. The summed E-state index contributed by atoms with van der Waals surface area (Å²) in [5.41, 5.74) is 5.64. The molecule has 0 aromatic rings. The smallest absolute Gasteiger partial charge is 0.327 e.